The third kappa shape index (κ3) is 39.6. The van der Waals surface area contributed by atoms with E-state index in [0.717, 1.165) is 31.2 Å². The Balaban J connectivity index is -0.000000239. The van der Waals surface area contributed by atoms with Gasteiger partial charge in [-0.2, -0.15) is 0 Å². The molecule has 0 aliphatic rings. The fourth-order valence-electron chi connectivity index (χ4n) is 3.09. The standard InChI is InChI=1S/C16H32O2.C8H8O2.2C4H9.Sn/c1-2-3-4-5-6-7-8-9-10-11-12-13-14-15-16(17)18;1-6-4-2-3-5-7(6)8(9)10;2*1-3-4-2;/h2-15H2,1H3,(H,17,18);2-5H,1H3,(H,9,10);2*1,3-4H2,2H3;/q;;;;+2/p-2. The quantitative estimate of drug-likeness (QED) is 0.134. The molecule has 0 N–H and O–H groups in total. The van der Waals surface area contributed by atoms with E-state index in [1.54, 1.807) is 25.1 Å². The van der Waals surface area contributed by atoms with Crippen molar-refractivity contribution in [1.82, 2.24) is 0 Å². The van der Waals surface area contributed by atoms with Crippen LogP contribution in [0.25, 0.3) is 0 Å². The second-order valence-corrected chi connectivity index (χ2v) is 9.17. The zero-order chi connectivity index (χ0) is 27.9. The Labute approximate surface area is 247 Å². The number of aromatic carboxylic acids is 1. The third-order valence-corrected chi connectivity index (χ3v) is 5.56. The number of benzene rings is 1. The van der Waals surface area contributed by atoms with Gasteiger partial charge in [-0.05, 0) is 25.3 Å². The zero-order valence-electron chi connectivity index (χ0n) is 24.6. The molecule has 212 valence electrons. The molecule has 0 amide bonds. The Morgan fingerprint density at radius 3 is 1.27 bits per heavy atom. The minimum Gasteiger partial charge on any atom is -0.550 e. The van der Waals surface area contributed by atoms with Crippen LogP contribution in [0.3, 0.4) is 0 Å². The molecule has 0 bridgehead atoms. The van der Waals surface area contributed by atoms with Crippen LogP contribution in [0.4, 0.5) is 0 Å². The number of carboxylic acid groups (broad SMARTS) is 2. The fourth-order valence-corrected chi connectivity index (χ4v) is 3.09. The summed E-state index contributed by atoms with van der Waals surface area (Å²) in [7, 11) is 0. The molecule has 0 aliphatic carbocycles. The molecule has 5 heteroatoms. The molecular formula is C32H56O4Sn. The Kier molecular flexibility index (Phi) is 43.2. The van der Waals surface area contributed by atoms with Crippen molar-refractivity contribution < 1.29 is 19.8 Å². The Bertz CT molecular complexity index is 582. The second kappa shape index (κ2) is 37.1. The van der Waals surface area contributed by atoms with E-state index in [9.17, 15) is 19.8 Å². The number of hydrogen-bond acceptors (Lipinski definition) is 4. The predicted molar refractivity (Wildman–Crippen MR) is 157 cm³/mol. The van der Waals surface area contributed by atoms with Crippen LogP contribution in [0.2, 0.25) is 0 Å². The van der Waals surface area contributed by atoms with E-state index < -0.39 is 11.9 Å². The Morgan fingerprint density at radius 1 is 0.649 bits per heavy atom. The molecule has 0 saturated heterocycles. The van der Waals surface area contributed by atoms with E-state index in [-0.39, 0.29) is 35.9 Å². The summed E-state index contributed by atoms with van der Waals surface area (Å²) in [5.41, 5.74) is 1.00. The molecular weight excluding hydrogens is 567 g/mol. The van der Waals surface area contributed by atoms with Gasteiger partial charge in [0.1, 0.15) is 0 Å². The second-order valence-electron chi connectivity index (χ2n) is 9.17. The van der Waals surface area contributed by atoms with Crippen LogP contribution < -0.4 is 10.2 Å². The summed E-state index contributed by atoms with van der Waals surface area (Å²) in [6, 6.07) is 6.75. The zero-order valence-corrected chi connectivity index (χ0v) is 27.4. The number of carboxylic acids is 2. The summed E-state index contributed by atoms with van der Waals surface area (Å²) in [4.78, 5) is 20.5. The van der Waals surface area contributed by atoms with Gasteiger partial charge < -0.3 is 19.8 Å². The van der Waals surface area contributed by atoms with Crippen LogP contribution in [0.1, 0.15) is 152 Å². The summed E-state index contributed by atoms with van der Waals surface area (Å²) in [6.45, 7) is 15.4. The molecule has 1 rings (SSSR count). The van der Waals surface area contributed by atoms with Crippen molar-refractivity contribution in [3.8, 4) is 0 Å². The molecule has 0 aromatic heterocycles. The van der Waals surface area contributed by atoms with Crippen molar-refractivity contribution in [3.63, 3.8) is 0 Å². The van der Waals surface area contributed by atoms with Crippen molar-refractivity contribution in [2.45, 2.75) is 143 Å². The average molecular weight is 624 g/mol. The van der Waals surface area contributed by atoms with Crippen molar-refractivity contribution in [1.29, 1.82) is 0 Å². The fraction of sp³-hybridized carbons (Fsp3) is 0.688. The van der Waals surface area contributed by atoms with Crippen LogP contribution >= 0.6 is 0 Å². The first-order valence-corrected chi connectivity index (χ1v) is 14.4. The number of aliphatic carboxylic acids is 1. The Hall–Kier alpha value is -1.04. The van der Waals surface area contributed by atoms with Crippen LogP contribution in [0.5, 0.6) is 0 Å². The van der Waals surface area contributed by atoms with Gasteiger partial charge in [0, 0.05) is 11.5 Å². The van der Waals surface area contributed by atoms with E-state index in [1.165, 1.54) is 89.5 Å². The van der Waals surface area contributed by atoms with Crippen LogP contribution in [0, 0.1) is 20.8 Å². The number of carbonyl (C=O) groups is 2. The first-order chi connectivity index (χ1) is 17.3. The van der Waals surface area contributed by atoms with Gasteiger partial charge in [-0.15, -0.1) is 0 Å². The smallest absolute Gasteiger partial charge is 0.550 e. The molecule has 0 spiro atoms. The molecule has 1 aromatic carbocycles. The van der Waals surface area contributed by atoms with E-state index in [1.807, 2.05) is 0 Å². The molecule has 4 radical (unpaired) electrons. The number of hydrogen-bond donors (Lipinski definition) is 0. The van der Waals surface area contributed by atoms with E-state index >= 15 is 0 Å². The maximum atomic E-state index is 10.3. The summed E-state index contributed by atoms with van der Waals surface area (Å²) in [5, 5.41) is 20.5. The average Bonchev–Trinajstić information content (AvgIpc) is 2.87. The summed E-state index contributed by atoms with van der Waals surface area (Å²) < 4.78 is 0. The molecule has 1 aromatic rings. The van der Waals surface area contributed by atoms with Gasteiger partial charge >= 0.3 is 23.9 Å². The van der Waals surface area contributed by atoms with Gasteiger partial charge in [-0.3, -0.25) is 0 Å². The van der Waals surface area contributed by atoms with E-state index in [2.05, 4.69) is 34.6 Å². The molecule has 0 saturated carbocycles. The van der Waals surface area contributed by atoms with Crippen molar-refractivity contribution >= 4 is 35.8 Å². The van der Waals surface area contributed by atoms with Crippen LogP contribution in [-0.4, -0.2) is 35.8 Å². The monoisotopic (exact) mass is 624 g/mol. The first kappa shape index (κ1) is 43.0. The molecule has 37 heavy (non-hydrogen) atoms. The van der Waals surface area contributed by atoms with Crippen molar-refractivity contribution in [3.05, 3.63) is 49.2 Å². The van der Waals surface area contributed by atoms with Gasteiger partial charge in [0.05, 0.1) is 5.97 Å². The minimum atomic E-state index is -1.11. The topological polar surface area (TPSA) is 80.3 Å². The maximum absolute atomic E-state index is 10.3. The first-order valence-electron chi connectivity index (χ1n) is 14.4. The van der Waals surface area contributed by atoms with Gasteiger partial charge in [-0.25, -0.2) is 0 Å². The number of unbranched alkanes of at least 4 members (excludes halogenated alkanes) is 14. The summed E-state index contributed by atoms with van der Waals surface area (Å²) in [5.74, 6) is -2.02. The third-order valence-electron chi connectivity index (χ3n) is 5.56. The van der Waals surface area contributed by atoms with E-state index in [0.29, 0.717) is 0 Å². The van der Waals surface area contributed by atoms with Crippen LogP contribution in [0.15, 0.2) is 24.3 Å². The molecule has 0 heterocycles. The largest absolute Gasteiger partial charge is 2.00 e. The van der Waals surface area contributed by atoms with Gasteiger partial charge in [0.2, 0.25) is 0 Å². The summed E-state index contributed by atoms with van der Waals surface area (Å²) >= 11 is 0. The molecule has 4 nitrogen and oxygen atoms in total. The molecule has 0 fully saturated rings. The summed E-state index contributed by atoms with van der Waals surface area (Å²) in [6.07, 6.45) is 21.5. The van der Waals surface area contributed by atoms with Gasteiger partial charge in [0.15, 0.2) is 0 Å². The number of rotatable bonds is 17. The predicted octanol–water partition coefficient (Wildman–Crippen LogP) is 7.44. The van der Waals surface area contributed by atoms with Gasteiger partial charge in [-0.1, -0.05) is 162 Å². The SMILES string of the molecule is CCCCCCCCCCCCCCCC(=O)[O-].Cc1ccccc1C(=O)[O-].[CH2]CCC.[CH2]CCC.[Sn+2]. The van der Waals surface area contributed by atoms with Crippen molar-refractivity contribution in [2.75, 3.05) is 0 Å². The van der Waals surface area contributed by atoms with E-state index in [4.69, 9.17) is 0 Å². The molecule has 0 unspecified atom stereocenters. The Morgan fingerprint density at radius 2 is 1.00 bits per heavy atom. The normalized spacial score (nSPS) is 9.35. The maximum Gasteiger partial charge on any atom is 2.00 e. The number of aryl methyl sites for hydroxylation is 1. The van der Waals surface area contributed by atoms with Crippen molar-refractivity contribution in [2.24, 2.45) is 0 Å². The molecule has 0 atom stereocenters. The minimum absolute atomic E-state index is 0. The number of carbonyl (C=O) groups excluding carboxylic acids is 2. The van der Waals surface area contributed by atoms with Gasteiger partial charge in [0.25, 0.3) is 0 Å². The molecule has 0 aliphatic heterocycles. The van der Waals surface area contributed by atoms with Crippen LogP contribution in [-0.2, 0) is 4.79 Å².